The summed E-state index contributed by atoms with van der Waals surface area (Å²) in [6, 6.07) is 21.6. The van der Waals surface area contributed by atoms with Crippen LogP contribution in [0.15, 0.2) is 83.3 Å². The number of carbonyl (C=O) groups excluding carboxylic acids is 2. The third-order valence-electron chi connectivity index (χ3n) is 7.68. The van der Waals surface area contributed by atoms with Crippen LogP contribution in [0.25, 0.3) is 33.1 Å². The molecule has 0 unspecified atom stereocenters. The maximum absolute atomic E-state index is 14.4. The van der Waals surface area contributed by atoms with Crippen molar-refractivity contribution in [1.29, 1.82) is 0 Å². The number of thiol groups is 1. The minimum absolute atomic E-state index is 0.0577. The van der Waals surface area contributed by atoms with Crippen LogP contribution in [0.4, 0.5) is 10.1 Å². The zero-order valence-electron chi connectivity index (χ0n) is 26.3. The standard InChI is InChI=1S/C33H30FI4NO8S2/c1-5-45-30(40)28-24-17-23(26(39-48(4,42)43)18-27(24)46-29(28)20-13-15-21(34)16-14-20)31(49(35,36,37)38)47-32(41)33(2,44-3)25-12-8-10-19-9-6-7-11-22(19)25/h6-18,31,39,49H,5H2,1-4H3/t31-,33+/m1/s1. The smallest absolute Gasteiger partial charge is 0.344 e. The number of nitrogens with one attached hydrogen (secondary N) is 1. The molecule has 5 rings (SSSR count). The number of ether oxygens (including phenoxy) is 3. The first-order valence-electron chi connectivity index (χ1n) is 14.5. The Morgan fingerprint density at radius 1 is 0.980 bits per heavy atom. The van der Waals surface area contributed by atoms with Crippen LogP contribution in [0.5, 0.6) is 0 Å². The highest BCUT2D eigenvalue weighted by atomic mass is 127. The fraction of sp³-hybridized carbons (Fsp3) is 0.212. The molecular weight excluding hydrogens is 1130 g/mol. The van der Waals surface area contributed by atoms with Crippen LogP contribution in [0, 0.1) is 5.82 Å². The molecule has 1 heterocycles. The van der Waals surface area contributed by atoms with Crippen LogP contribution in [0.3, 0.4) is 0 Å². The van der Waals surface area contributed by atoms with Crippen molar-refractivity contribution >= 4 is 132 Å². The van der Waals surface area contributed by atoms with Gasteiger partial charge < -0.3 is 18.6 Å². The largest absolute Gasteiger partial charge is 0.462 e. The Morgan fingerprint density at radius 3 is 2.24 bits per heavy atom. The molecule has 0 saturated heterocycles. The van der Waals surface area contributed by atoms with E-state index in [-0.39, 0.29) is 40.2 Å². The number of benzene rings is 4. The van der Waals surface area contributed by atoms with Crippen LogP contribution in [0.2, 0.25) is 0 Å². The van der Waals surface area contributed by atoms with Gasteiger partial charge in [0.05, 0.1) is 18.6 Å². The highest BCUT2D eigenvalue weighted by Gasteiger charge is 2.48. The van der Waals surface area contributed by atoms with Gasteiger partial charge in [-0.3, -0.25) is 4.72 Å². The Kier molecular flexibility index (Phi) is 11.5. The second-order valence-corrected chi connectivity index (χ2v) is 72.2. The molecule has 1 N–H and O–H groups in total. The number of halogens is 5. The summed E-state index contributed by atoms with van der Waals surface area (Å²) >= 11 is 9.02. The van der Waals surface area contributed by atoms with Gasteiger partial charge in [-0.15, -0.1) is 0 Å². The maximum atomic E-state index is 14.4. The van der Waals surface area contributed by atoms with Crippen LogP contribution in [0.1, 0.15) is 40.8 Å². The van der Waals surface area contributed by atoms with E-state index in [2.05, 4.69) is 89.5 Å². The predicted octanol–water partition coefficient (Wildman–Crippen LogP) is 10.5. The first-order valence-corrected chi connectivity index (χ1v) is 29.8. The van der Waals surface area contributed by atoms with E-state index in [0.717, 1.165) is 17.0 Å². The molecule has 0 amide bonds. The first-order chi connectivity index (χ1) is 22.8. The van der Waals surface area contributed by atoms with Gasteiger partial charge in [-0.1, -0.05) is 40.3 Å². The van der Waals surface area contributed by atoms with E-state index in [1.54, 1.807) is 26.0 Å². The Labute approximate surface area is 331 Å². The number of anilines is 1. The number of sulfonamides is 1. The summed E-state index contributed by atoms with van der Waals surface area (Å²) in [6.45, 7) is 3.36. The topological polar surface area (TPSA) is 121 Å². The lowest BCUT2D eigenvalue weighted by Gasteiger charge is -2.46. The van der Waals surface area contributed by atoms with E-state index in [1.807, 2.05) is 36.4 Å². The molecule has 2 atom stereocenters. The lowest BCUT2D eigenvalue weighted by atomic mass is 9.90. The molecule has 4 aromatic carbocycles. The van der Waals surface area contributed by atoms with E-state index in [9.17, 15) is 22.4 Å². The third kappa shape index (κ3) is 8.44. The van der Waals surface area contributed by atoms with Gasteiger partial charge in [-0.05, 0) is 140 Å². The summed E-state index contributed by atoms with van der Waals surface area (Å²) in [5.74, 6) is -1.77. The van der Waals surface area contributed by atoms with E-state index in [0.29, 0.717) is 11.1 Å². The third-order valence-corrected chi connectivity index (χ3v) is 15.4. The number of methoxy groups -OCH3 is 1. The zero-order valence-corrected chi connectivity index (χ0v) is 36.6. The Morgan fingerprint density at radius 2 is 1.63 bits per heavy atom. The lowest BCUT2D eigenvalue weighted by molar-refractivity contribution is -0.170. The molecule has 0 bridgehead atoms. The molecule has 0 fully saturated rings. The molecule has 0 radical (unpaired) electrons. The number of rotatable bonds is 11. The minimum Gasteiger partial charge on any atom is -0.462 e. The van der Waals surface area contributed by atoms with Crippen molar-refractivity contribution in [3.05, 3.63) is 101 Å². The molecule has 9 nitrogen and oxygen atoms in total. The SMILES string of the molecule is CCOC(=O)c1c(-c2ccc(F)cc2)oc2cc(NS(C)(=O)=O)c([C@H](OC(=O)[C@@](C)(OC)c3cccc4ccccc34)[SH](I)(I)(I)I)cc12. The van der Waals surface area contributed by atoms with E-state index in [4.69, 9.17) is 18.6 Å². The number of fused-ring (bicyclic) bond motifs is 2. The van der Waals surface area contributed by atoms with E-state index >= 15 is 0 Å². The van der Waals surface area contributed by atoms with Gasteiger partial charge in [-0.25, -0.2) is 22.4 Å². The fourth-order valence-corrected chi connectivity index (χ4v) is 11.8. The van der Waals surface area contributed by atoms with Gasteiger partial charge in [0.15, 0.2) is 11.0 Å². The average molecular weight is 1160 g/mol. The maximum Gasteiger partial charge on any atom is 0.344 e. The summed E-state index contributed by atoms with van der Waals surface area (Å²) in [7, 11) is -2.44. The lowest BCUT2D eigenvalue weighted by Crippen LogP contribution is -2.37. The predicted molar refractivity (Wildman–Crippen MR) is 228 cm³/mol. The van der Waals surface area contributed by atoms with Gasteiger partial charge in [0.25, 0.3) is 0 Å². The molecular formula is C33H30FI4NO8S2. The Hall–Kier alpha value is -1.47. The number of hydrogen-bond acceptors (Lipinski definition) is 8. The van der Waals surface area contributed by atoms with E-state index in [1.165, 1.54) is 37.4 Å². The molecule has 0 aliphatic heterocycles. The number of esters is 2. The molecule has 0 spiro atoms. The van der Waals surface area contributed by atoms with Gasteiger partial charge in [0.2, 0.25) is 10.0 Å². The Balaban J connectivity index is 1.76. The highest BCUT2D eigenvalue weighted by molar-refractivity contribution is 14.6. The molecule has 262 valence electrons. The first kappa shape index (κ1) is 38.8. The van der Waals surface area contributed by atoms with Crippen LogP contribution >= 0.6 is 82.7 Å². The van der Waals surface area contributed by atoms with Crippen LogP contribution < -0.4 is 4.72 Å². The average Bonchev–Trinajstić information content (AvgIpc) is 3.39. The van der Waals surface area contributed by atoms with Crippen LogP contribution in [-0.2, 0) is 34.6 Å². The molecule has 5 aromatic rings. The van der Waals surface area contributed by atoms with Crippen molar-refractivity contribution in [1.82, 2.24) is 0 Å². The number of carbonyl (C=O) groups is 2. The second kappa shape index (κ2) is 14.5. The molecule has 0 aliphatic rings. The number of hydrogen-bond donors (Lipinski definition) is 2. The van der Waals surface area contributed by atoms with Gasteiger partial charge in [0.1, 0.15) is 22.7 Å². The summed E-state index contributed by atoms with van der Waals surface area (Å²) < 4.78 is 62.6. The summed E-state index contributed by atoms with van der Waals surface area (Å²) in [5, 5.41) is 2.00. The quantitative estimate of drug-likeness (QED) is 0.0762. The monoisotopic (exact) mass is 1160 g/mol. The molecule has 1 aromatic heterocycles. The normalized spacial score (nSPS) is 14.8. The fourth-order valence-electron chi connectivity index (χ4n) is 5.37. The van der Waals surface area contributed by atoms with Crippen molar-refractivity contribution in [2.24, 2.45) is 0 Å². The van der Waals surface area contributed by atoms with Crippen molar-refractivity contribution in [2.75, 3.05) is 24.7 Å². The van der Waals surface area contributed by atoms with E-state index < -0.39 is 36.7 Å². The summed E-state index contributed by atoms with van der Waals surface area (Å²) in [6.07, 6.45) is 1.00. The van der Waals surface area contributed by atoms with Gasteiger partial charge in [0, 0.05) is 35.3 Å². The highest BCUT2D eigenvalue weighted by Crippen LogP contribution is 3.02. The van der Waals surface area contributed by atoms with Crippen molar-refractivity contribution in [3.8, 4) is 11.3 Å². The van der Waals surface area contributed by atoms with Crippen molar-refractivity contribution in [2.45, 2.75) is 24.9 Å². The minimum atomic E-state index is -3.87. The van der Waals surface area contributed by atoms with Gasteiger partial charge in [-0.2, -0.15) is 0 Å². The summed E-state index contributed by atoms with van der Waals surface area (Å²) in [5.41, 5.74) is -1.03. The summed E-state index contributed by atoms with van der Waals surface area (Å²) in [4.78, 5) is 27.9. The second-order valence-electron chi connectivity index (χ2n) is 11.1. The molecule has 0 saturated carbocycles. The van der Waals surface area contributed by atoms with Crippen molar-refractivity contribution in [3.63, 3.8) is 0 Å². The Bertz CT molecular complexity index is 2190. The molecule has 0 aliphatic carbocycles. The number of furan rings is 1. The zero-order chi connectivity index (χ0) is 36.0. The van der Waals surface area contributed by atoms with Gasteiger partial charge >= 0.3 is 11.9 Å². The molecule has 16 heteroatoms. The van der Waals surface area contributed by atoms with Crippen molar-refractivity contribution < 1.29 is 41.0 Å². The molecule has 49 heavy (non-hydrogen) atoms. The van der Waals surface area contributed by atoms with Crippen LogP contribution in [-0.4, -0.2) is 40.3 Å².